The van der Waals surface area contributed by atoms with E-state index >= 15 is 0 Å². The summed E-state index contributed by atoms with van der Waals surface area (Å²) in [4.78, 5) is -0.0325. The van der Waals surface area contributed by atoms with Gasteiger partial charge in [-0.1, -0.05) is 12.1 Å². The van der Waals surface area contributed by atoms with Gasteiger partial charge in [0, 0.05) is 6.04 Å². The van der Waals surface area contributed by atoms with Crippen molar-refractivity contribution in [1.29, 1.82) is 0 Å². The summed E-state index contributed by atoms with van der Waals surface area (Å²) in [5.41, 5.74) is 0.602. The molecule has 1 atom stereocenters. The number of hydrogen-bond donors (Lipinski definition) is 3. The van der Waals surface area contributed by atoms with Gasteiger partial charge in [-0.25, -0.2) is 26.7 Å². The molecule has 0 saturated heterocycles. The second-order valence-electron chi connectivity index (χ2n) is 4.38. The number of hydrogen-bond acceptors (Lipinski definition) is 5. The SMILES string of the molecule is CC(NS(=O)(=O)c1ccn[nH]1)c1ccc(S(N)(=O)=O)cc1. The molecule has 114 valence electrons. The number of aromatic nitrogens is 2. The number of nitrogens with two attached hydrogens (primary N) is 1. The van der Waals surface area contributed by atoms with Gasteiger partial charge in [-0.05, 0) is 30.7 Å². The van der Waals surface area contributed by atoms with Crippen molar-refractivity contribution in [1.82, 2.24) is 14.9 Å². The average Bonchev–Trinajstić information content (AvgIpc) is 2.92. The maximum Gasteiger partial charge on any atom is 0.258 e. The van der Waals surface area contributed by atoms with Gasteiger partial charge in [0.05, 0.1) is 11.1 Å². The molecule has 1 aromatic carbocycles. The molecule has 0 amide bonds. The smallest absolute Gasteiger partial charge is 0.258 e. The van der Waals surface area contributed by atoms with Crippen LogP contribution in [0.2, 0.25) is 0 Å². The normalized spacial score (nSPS) is 14.0. The molecule has 4 N–H and O–H groups in total. The fraction of sp³-hybridized carbons (Fsp3) is 0.182. The quantitative estimate of drug-likeness (QED) is 0.714. The van der Waals surface area contributed by atoms with E-state index in [2.05, 4.69) is 14.9 Å². The lowest BCUT2D eigenvalue weighted by molar-refractivity contribution is 0.562. The van der Waals surface area contributed by atoms with Crippen LogP contribution in [0.5, 0.6) is 0 Å². The molecule has 0 fully saturated rings. The molecule has 8 nitrogen and oxygen atoms in total. The van der Waals surface area contributed by atoms with E-state index < -0.39 is 26.1 Å². The molecule has 0 spiro atoms. The van der Waals surface area contributed by atoms with Crippen molar-refractivity contribution in [2.45, 2.75) is 22.9 Å². The van der Waals surface area contributed by atoms with Crippen LogP contribution >= 0.6 is 0 Å². The van der Waals surface area contributed by atoms with Crippen molar-refractivity contribution in [3.8, 4) is 0 Å². The molecule has 1 heterocycles. The van der Waals surface area contributed by atoms with Gasteiger partial charge in [-0.15, -0.1) is 0 Å². The van der Waals surface area contributed by atoms with E-state index in [1.54, 1.807) is 6.92 Å². The molecule has 1 aromatic heterocycles. The van der Waals surface area contributed by atoms with Crippen LogP contribution in [0, 0.1) is 0 Å². The molecule has 1 unspecified atom stereocenters. The number of benzene rings is 1. The third kappa shape index (κ3) is 3.67. The van der Waals surface area contributed by atoms with E-state index in [9.17, 15) is 16.8 Å². The number of nitrogens with one attached hydrogen (secondary N) is 2. The Balaban J connectivity index is 2.20. The summed E-state index contributed by atoms with van der Waals surface area (Å²) in [5.74, 6) is 0. The van der Waals surface area contributed by atoms with Crippen LogP contribution in [-0.4, -0.2) is 27.0 Å². The van der Waals surface area contributed by atoms with Gasteiger partial charge >= 0.3 is 0 Å². The highest BCUT2D eigenvalue weighted by Gasteiger charge is 2.19. The van der Waals surface area contributed by atoms with Gasteiger partial charge in [0.25, 0.3) is 10.0 Å². The van der Waals surface area contributed by atoms with Crippen LogP contribution in [0.25, 0.3) is 0 Å². The predicted octanol–water partition coefficient (Wildman–Crippen LogP) is 0.0966. The molecule has 0 aliphatic rings. The fourth-order valence-corrected chi connectivity index (χ4v) is 3.36. The van der Waals surface area contributed by atoms with Gasteiger partial charge in [0.2, 0.25) is 10.0 Å². The largest absolute Gasteiger partial charge is 0.266 e. The Morgan fingerprint density at radius 1 is 1.14 bits per heavy atom. The van der Waals surface area contributed by atoms with Crippen molar-refractivity contribution in [2.24, 2.45) is 5.14 Å². The van der Waals surface area contributed by atoms with E-state index in [1.165, 1.54) is 36.5 Å². The molecule has 0 saturated carbocycles. The van der Waals surface area contributed by atoms with E-state index in [0.29, 0.717) is 5.56 Å². The molecule has 10 heteroatoms. The van der Waals surface area contributed by atoms with Crippen LogP contribution in [-0.2, 0) is 20.0 Å². The number of H-pyrrole nitrogens is 1. The summed E-state index contributed by atoms with van der Waals surface area (Å²) in [6, 6.07) is 6.43. The first-order valence-electron chi connectivity index (χ1n) is 5.84. The molecule has 0 aliphatic carbocycles. The summed E-state index contributed by atoms with van der Waals surface area (Å²) >= 11 is 0. The first-order chi connectivity index (χ1) is 9.70. The predicted molar refractivity (Wildman–Crippen MR) is 75.1 cm³/mol. The minimum atomic E-state index is -3.77. The Morgan fingerprint density at radius 3 is 2.24 bits per heavy atom. The summed E-state index contributed by atoms with van der Waals surface area (Å²) in [6.07, 6.45) is 1.33. The number of rotatable bonds is 5. The van der Waals surface area contributed by atoms with E-state index in [0.717, 1.165) is 0 Å². The summed E-state index contributed by atoms with van der Waals surface area (Å²) in [5, 5.41) is 10.9. The maximum atomic E-state index is 12.0. The Bertz CT molecular complexity index is 812. The van der Waals surface area contributed by atoms with Crippen molar-refractivity contribution < 1.29 is 16.8 Å². The monoisotopic (exact) mass is 330 g/mol. The second-order valence-corrected chi connectivity index (χ2v) is 7.62. The zero-order chi connectivity index (χ0) is 15.7. The molecule has 0 aliphatic heterocycles. The number of primary sulfonamides is 1. The van der Waals surface area contributed by atoms with Gasteiger partial charge in [-0.2, -0.15) is 5.10 Å². The molecular weight excluding hydrogens is 316 g/mol. The van der Waals surface area contributed by atoms with E-state index in [1.807, 2.05) is 0 Å². The Kier molecular flexibility index (Phi) is 4.14. The maximum absolute atomic E-state index is 12.0. The van der Waals surface area contributed by atoms with Crippen molar-refractivity contribution in [3.05, 3.63) is 42.1 Å². The third-order valence-electron chi connectivity index (χ3n) is 2.81. The summed E-state index contributed by atoms with van der Waals surface area (Å²) < 4.78 is 48.8. The highest BCUT2D eigenvalue weighted by molar-refractivity contribution is 7.89. The van der Waals surface area contributed by atoms with E-state index in [4.69, 9.17) is 5.14 Å². The van der Waals surface area contributed by atoms with Crippen LogP contribution in [0.1, 0.15) is 18.5 Å². The van der Waals surface area contributed by atoms with Crippen molar-refractivity contribution in [3.63, 3.8) is 0 Å². The van der Waals surface area contributed by atoms with Crippen molar-refractivity contribution >= 4 is 20.0 Å². The topological polar surface area (TPSA) is 135 Å². The zero-order valence-corrected chi connectivity index (χ0v) is 12.6. The molecule has 2 rings (SSSR count). The Morgan fingerprint density at radius 2 is 1.76 bits per heavy atom. The second kappa shape index (κ2) is 5.56. The molecule has 2 aromatic rings. The van der Waals surface area contributed by atoms with Gasteiger partial charge in [0.15, 0.2) is 5.03 Å². The highest BCUT2D eigenvalue weighted by atomic mass is 32.2. The highest BCUT2D eigenvalue weighted by Crippen LogP contribution is 2.17. The standard InChI is InChI=1S/C11H14N4O4S2/c1-8(15-21(18,19)11-6-7-13-14-11)9-2-4-10(5-3-9)20(12,16)17/h2-8,15H,1H3,(H,13,14)(H2,12,16,17). The number of nitrogens with zero attached hydrogens (tertiary/aromatic N) is 1. The lowest BCUT2D eigenvalue weighted by Gasteiger charge is -2.14. The Hall–Kier alpha value is -1.75. The first-order valence-corrected chi connectivity index (χ1v) is 8.87. The molecular formula is C11H14N4O4S2. The number of aromatic amines is 1. The average molecular weight is 330 g/mol. The summed E-state index contributed by atoms with van der Waals surface area (Å²) in [6.45, 7) is 1.64. The van der Waals surface area contributed by atoms with Crippen LogP contribution in [0.4, 0.5) is 0 Å². The number of sulfonamides is 2. The van der Waals surface area contributed by atoms with Crippen LogP contribution in [0.15, 0.2) is 46.5 Å². The minimum Gasteiger partial charge on any atom is -0.266 e. The Labute approximate surface area is 122 Å². The molecule has 0 radical (unpaired) electrons. The van der Waals surface area contributed by atoms with Gasteiger partial charge in [-0.3, -0.25) is 5.10 Å². The minimum absolute atomic E-state index is 0.0325. The van der Waals surface area contributed by atoms with Crippen molar-refractivity contribution in [2.75, 3.05) is 0 Å². The first kappa shape index (κ1) is 15.6. The molecule has 0 bridgehead atoms. The van der Waals surface area contributed by atoms with Crippen LogP contribution < -0.4 is 9.86 Å². The van der Waals surface area contributed by atoms with Gasteiger partial charge in [0.1, 0.15) is 0 Å². The van der Waals surface area contributed by atoms with Gasteiger partial charge < -0.3 is 0 Å². The molecule has 21 heavy (non-hydrogen) atoms. The lowest BCUT2D eigenvalue weighted by atomic mass is 10.1. The zero-order valence-electron chi connectivity index (χ0n) is 11.0. The fourth-order valence-electron chi connectivity index (χ4n) is 1.70. The summed E-state index contributed by atoms with van der Waals surface area (Å²) in [7, 11) is -7.48. The van der Waals surface area contributed by atoms with Crippen LogP contribution in [0.3, 0.4) is 0 Å². The lowest BCUT2D eigenvalue weighted by Crippen LogP contribution is -2.27. The third-order valence-corrected chi connectivity index (χ3v) is 5.20. The van der Waals surface area contributed by atoms with E-state index in [-0.39, 0.29) is 9.92 Å².